The van der Waals surface area contributed by atoms with Crippen LogP contribution in [0.5, 0.6) is 0 Å². The third kappa shape index (κ3) is 3.73. The molecular weight excluding hydrogens is 252 g/mol. The van der Waals surface area contributed by atoms with E-state index < -0.39 is 16.1 Å². The summed E-state index contributed by atoms with van der Waals surface area (Å²) >= 11 is 0. The lowest BCUT2D eigenvalue weighted by molar-refractivity contribution is -0.119. The second-order valence-corrected chi connectivity index (χ2v) is 5.38. The van der Waals surface area contributed by atoms with Crippen LogP contribution in [0.1, 0.15) is 26.7 Å². The van der Waals surface area contributed by atoms with E-state index in [9.17, 15) is 13.2 Å². The Bertz CT molecular complexity index is 485. The van der Waals surface area contributed by atoms with Gasteiger partial charge >= 0.3 is 10.2 Å². The molecule has 1 aromatic rings. The third-order valence-corrected chi connectivity index (χ3v) is 3.88. The normalized spacial score (nSPS) is 11.0. The average molecular weight is 270 g/mol. The van der Waals surface area contributed by atoms with E-state index in [1.54, 1.807) is 37.3 Å². The molecule has 100 valence electrons. The molecule has 6 heteroatoms. The molecule has 0 aliphatic carbocycles. The number of para-hydroxylation sites is 1. The van der Waals surface area contributed by atoms with Gasteiger partial charge in [0.2, 0.25) is 5.91 Å². The molecule has 0 bridgehead atoms. The maximum Gasteiger partial charge on any atom is 0.326 e. The minimum Gasteiger partial charge on any atom is -0.274 e. The zero-order valence-electron chi connectivity index (χ0n) is 10.6. The number of nitrogens with one attached hydrogen (secondary N) is 1. The Hall–Kier alpha value is -1.56. The SMILES string of the molecule is CCCC(=O)NS(=O)(=O)N(CC)c1ccccc1. The summed E-state index contributed by atoms with van der Waals surface area (Å²) in [5, 5.41) is 0. The molecule has 0 radical (unpaired) electrons. The summed E-state index contributed by atoms with van der Waals surface area (Å²) in [7, 11) is -3.81. The molecule has 0 atom stereocenters. The van der Waals surface area contributed by atoms with Crippen molar-refractivity contribution in [2.45, 2.75) is 26.7 Å². The molecule has 0 aliphatic rings. The van der Waals surface area contributed by atoms with E-state index >= 15 is 0 Å². The van der Waals surface area contributed by atoms with Crippen LogP contribution in [0.2, 0.25) is 0 Å². The molecule has 0 saturated heterocycles. The lowest BCUT2D eigenvalue weighted by Crippen LogP contribution is -2.43. The summed E-state index contributed by atoms with van der Waals surface area (Å²) in [5.74, 6) is -0.480. The predicted molar refractivity (Wildman–Crippen MR) is 71.4 cm³/mol. The van der Waals surface area contributed by atoms with Crippen molar-refractivity contribution in [2.75, 3.05) is 10.8 Å². The van der Waals surface area contributed by atoms with Gasteiger partial charge < -0.3 is 0 Å². The molecule has 0 heterocycles. The molecule has 0 saturated carbocycles. The molecule has 0 spiro atoms. The fraction of sp³-hybridized carbons (Fsp3) is 0.417. The first-order valence-electron chi connectivity index (χ1n) is 5.89. The van der Waals surface area contributed by atoms with E-state index in [-0.39, 0.29) is 13.0 Å². The van der Waals surface area contributed by atoms with Gasteiger partial charge in [0, 0.05) is 13.0 Å². The van der Waals surface area contributed by atoms with Crippen molar-refractivity contribution in [3.63, 3.8) is 0 Å². The number of anilines is 1. The molecule has 0 aromatic heterocycles. The number of rotatable bonds is 6. The van der Waals surface area contributed by atoms with Crippen molar-refractivity contribution in [2.24, 2.45) is 0 Å². The zero-order chi connectivity index (χ0) is 13.6. The van der Waals surface area contributed by atoms with Crippen LogP contribution < -0.4 is 9.03 Å². The molecular formula is C12H18N2O3S. The van der Waals surface area contributed by atoms with E-state index in [2.05, 4.69) is 4.72 Å². The first kappa shape index (κ1) is 14.5. The molecule has 0 fully saturated rings. The van der Waals surface area contributed by atoms with Gasteiger partial charge in [0.15, 0.2) is 0 Å². The van der Waals surface area contributed by atoms with Crippen LogP contribution in [-0.4, -0.2) is 20.9 Å². The summed E-state index contributed by atoms with van der Waals surface area (Å²) in [4.78, 5) is 11.4. The second-order valence-electron chi connectivity index (χ2n) is 3.78. The largest absolute Gasteiger partial charge is 0.326 e. The molecule has 18 heavy (non-hydrogen) atoms. The topological polar surface area (TPSA) is 66.5 Å². The Balaban J connectivity index is 2.91. The van der Waals surface area contributed by atoms with Crippen molar-refractivity contribution in [3.05, 3.63) is 30.3 Å². The van der Waals surface area contributed by atoms with Gasteiger partial charge in [-0.25, -0.2) is 4.72 Å². The molecule has 0 unspecified atom stereocenters. The van der Waals surface area contributed by atoms with E-state index in [0.29, 0.717) is 12.1 Å². The summed E-state index contributed by atoms with van der Waals surface area (Å²) < 4.78 is 27.3. The predicted octanol–water partition coefficient (Wildman–Crippen LogP) is 1.67. The van der Waals surface area contributed by atoms with E-state index in [4.69, 9.17) is 0 Å². The lowest BCUT2D eigenvalue weighted by atomic mass is 10.3. The summed E-state index contributed by atoms with van der Waals surface area (Å²) in [6.45, 7) is 3.80. The summed E-state index contributed by atoms with van der Waals surface area (Å²) in [6.07, 6.45) is 0.810. The van der Waals surface area contributed by atoms with Gasteiger partial charge in [-0.15, -0.1) is 0 Å². The van der Waals surface area contributed by atoms with Gasteiger partial charge in [-0.2, -0.15) is 8.42 Å². The van der Waals surface area contributed by atoms with Crippen LogP contribution in [0.15, 0.2) is 30.3 Å². The maximum atomic E-state index is 12.0. The third-order valence-electron chi connectivity index (χ3n) is 2.34. The zero-order valence-corrected chi connectivity index (χ0v) is 11.4. The van der Waals surface area contributed by atoms with Crippen molar-refractivity contribution in [1.29, 1.82) is 0 Å². The monoisotopic (exact) mass is 270 g/mol. The minimum atomic E-state index is -3.81. The van der Waals surface area contributed by atoms with Crippen molar-refractivity contribution >= 4 is 21.8 Å². The van der Waals surface area contributed by atoms with Crippen LogP contribution in [0.3, 0.4) is 0 Å². The highest BCUT2D eigenvalue weighted by Gasteiger charge is 2.22. The molecule has 5 nitrogen and oxygen atoms in total. The first-order valence-corrected chi connectivity index (χ1v) is 7.33. The van der Waals surface area contributed by atoms with Crippen LogP contribution in [0.4, 0.5) is 5.69 Å². The van der Waals surface area contributed by atoms with E-state index in [1.165, 1.54) is 4.31 Å². The fourth-order valence-electron chi connectivity index (χ4n) is 1.56. The van der Waals surface area contributed by atoms with Crippen LogP contribution in [-0.2, 0) is 15.0 Å². The van der Waals surface area contributed by atoms with E-state index in [1.807, 2.05) is 6.92 Å². The number of benzene rings is 1. The van der Waals surface area contributed by atoms with Gasteiger partial charge in [0.25, 0.3) is 0 Å². The van der Waals surface area contributed by atoms with Gasteiger partial charge in [-0.05, 0) is 25.5 Å². The van der Waals surface area contributed by atoms with E-state index in [0.717, 1.165) is 0 Å². The highest BCUT2D eigenvalue weighted by molar-refractivity contribution is 7.91. The number of amides is 1. The number of carbonyl (C=O) groups excluding carboxylic acids is 1. The number of nitrogens with zero attached hydrogens (tertiary/aromatic N) is 1. The Labute approximate surface area is 108 Å². The highest BCUT2D eigenvalue weighted by atomic mass is 32.2. The lowest BCUT2D eigenvalue weighted by Gasteiger charge is -2.22. The molecule has 1 aromatic carbocycles. The molecule has 1 rings (SSSR count). The molecule has 0 aliphatic heterocycles. The fourth-order valence-corrected chi connectivity index (χ4v) is 2.80. The number of hydrogen-bond donors (Lipinski definition) is 1. The summed E-state index contributed by atoms with van der Waals surface area (Å²) in [5.41, 5.74) is 0.539. The van der Waals surface area contributed by atoms with Gasteiger partial charge in [-0.1, -0.05) is 25.1 Å². The van der Waals surface area contributed by atoms with Crippen LogP contribution in [0.25, 0.3) is 0 Å². The summed E-state index contributed by atoms with van der Waals surface area (Å²) in [6, 6.07) is 8.68. The quantitative estimate of drug-likeness (QED) is 0.855. The Morgan fingerprint density at radius 2 is 1.83 bits per heavy atom. The molecule has 1 N–H and O–H groups in total. The van der Waals surface area contributed by atoms with Crippen molar-refractivity contribution in [1.82, 2.24) is 4.72 Å². The molecule has 1 amide bonds. The van der Waals surface area contributed by atoms with Crippen LogP contribution in [0, 0.1) is 0 Å². The standard InChI is InChI=1S/C12H18N2O3S/c1-3-8-12(15)13-18(16,17)14(4-2)11-9-6-5-7-10-11/h5-7,9-10H,3-4,8H2,1-2H3,(H,13,15). The smallest absolute Gasteiger partial charge is 0.274 e. The van der Waals surface area contributed by atoms with Crippen LogP contribution >= 0.6 is 0 Å². The van der Waals surface area contributed by atoms with Gasteiger partial charge in [0.05, 0.1) is 5.69 Å². The Morgan fingerprint density at radius 1 is 1.22 bits per heavy atom. The van der Waals surface area contributed by atoms with Gasteiger partial charge in [0.1, 0.15) is 0 Å². The Kier molecular flexibility index (Phi) is 5.15. The Morgan fingerprint density at radius 3 is 2.33 bits per heavy atom. The minimum absolute atomic E-state index is 0.200. The average Bonchev–Trinajstić information content (AvgIpc) is 2.30. The highest BCUT2D eigenvalue weighted by Crippen LogP contribution is 2.16. The van der Waals surface area contributed by atoms with Crippen molar-refractivity contribution in [3.8, 4) is 0 Å². The van der Waals surface area contributed by atoms with Crippen molar-refractivity contribution < 1.29 is 13.2 Å². The first-order chi connectivity index (χ1) is 8.51. The number of hydrogen-bond acceptors (Lipinski definition) is 3. The maximum absolute atomic E-state index is 12.0. The number of carbonyl (C=O) groups is 1. The second kappa shape index (κ2) is 6.39. The van der Waals surface area contributed by atoms with Gasteiger partial charge in [-0.3, -0.25) is 9.10 Å².